The van der Waals surface area contributed by atoms with Crippen molar-refractivity contribution in [2.45, 2.75) is 31.7 Å². The molecule has 1 aromatic rings. The van der Waals surface area contributed by atoms with Crippen LogP contribution >= 0.6 is 22.6 Å². The van der Waals surface area contributed by atoms with Gasteiger partial charge in [0.05, 0.1) is 18.3 Å². The summed E-state index contributed by atoms with van der Waals surface area (Å²) in [4.78, 5) is 2.34. The summed E-state index contributed by atoms with van der Waals surface area (Å²) in [7, 11) is 0. The summed E-state index contributed by atoms with van der Waals surface area (Å²) in [5.74, 6) is 0. The van der Waals surface area contributed by atoms with Crippen LogP contribution in [-0.2, 0) is 0 Å². The van der Waals surface area contributed by atoms with Crippen molar-refractivity contribution in [3.8, 4) is 0 Å². The molecule has 0 aliphatic carbocycles. The molecule has 4 heteroatoms. The molecule has 0 radical (unpaired) electrons. The van der Waals surface area contributed by atoms with E-state index in [-0.39, 0.29) is 12.6 Å². The first-order valence-electron chi connectivity index (χ1n) is 6.15. The molecule has 1 aliphatic rings. The molecule has 0 bridgehead atoms. The summed E-state index contributed by atoms with van der Waals surface area (Å²) in [5, 5.41) is 9.52. The Morgan fingerprint density at radius 1 is 1.35 bits per heavy atom. The van der Waals surface area contributed by atoms with Gasteiger partial charge in [-0.05, 0) is 53.6 Å². The van der Waals surface area contributed by atoms with E-state index >= 15 is 0 Å². The minimum Gasteiger partial charge on any atom is -0.399 e. The number of rotatable bonds is 2. The number of aliphatic hydroxyl groups excluding tert-OH is 1. The second kappa shape index (κ2) is 5.91. The maximum absolute atomic E-state index is 9.52. The van der Waals surface area contributed by atoms with Crippen molar-refractivity contribution in [2.24, 2.45) is 0 Å². The Bertz CT molecular complexity index is 384. The fourth-order valence-corrected chi connectivity index (χ4v) is 3.29. The molecule has 1 saturated heterocycles. The van der Waals surface area contributed by atoms with Gasteiger partial charge in [-0.25, -0.2) is 0 Å². The molecule has 17 heavy (non-hydrogen) atoms. The number of anilines is 2. The maximum Gasteiger partial charge on any atom is 0.0635 e. The Hall–Kier alpha value is -0.490. The quantitative estimate of drug-likeness (QED) is 0.639. The number of benzene rings is 1. The van der Waals surface area contributed by atoms with Crippen LogP contribution in [0.4, 0.5) is 11.4 Å². The topological polar surface area (TPSA) is 49.5 Å². The Morgan fingerprint density at radius 2 is 2.18 bits per heavy atom. The fraction of sp³-hybridized carbons (Fsp3) is 0.538. The van der Waals surface area contributed by atoms with Crippen molar-refractivity contribution in [2.75, 3.05) is 23.8 Å². The SMILES string of the molecule is Nc1ccc(N2CCCCCC2CO)c(I)c1. The van der Waals surface area contributed by atoms with E-state index in [2.05, 4.69) is 33.6 Å². The van der Waals surface area contributed by atoms with Crippen molar-refractivity contribution < 1.29 is 5.11 Å². The number of nitrogens with two attached hydrogens (primary N) is 1. The molecule has 0 amide bonds. The second-order valence-electron chi connectivity index (χ2n) is 4.59. The van der Waals surface area contributed by atoms with E-state index in [0.29, 0.717) is 0 Å². The average Bonchev–Trinajstić information content (AvgIpc) is 2.54. The van der Waals surface area contributed by atoms with Gasteiger partial charge in [0.25, 0.3) is 0 Å². The zero-order chi connectivity index (χ0) is 12.3. The van der Waals surface area contributed by atoms with Gasteiger partial charge in [-0.2, -0.15) is 0 Å². The standard InChI is InChI=1S/C13H19IN2O/c14-12-8-10(15)5-6-13(12)16-7-3-1-2-4-11(16)9-17/h5-6,8,11,17H,1-4,7,9,15H2. The molecule has 0 spiro atoms. The summed E-state index contributed by atoms with van der Waals surface area (Å²) in [6.45, 7) is 1.27. The molecule has 3 N–H and O–H groups in total. The second-order valence-corrected chi connectivity index (χ2v) is 5.75. The third-order valence-electron chi connectivity index (χ3n) is 3.37. The van der Waals surface area contributed by atoms with Crippen LogP contribution in [0.25, 0.3) is 0 Å². The average molecular weight is 346 g/mol. The van der Waals surface area contributed by atoms with Crippen LogP contribution in [0.1, 0.15) is 25.7 Å². The first-order chi connectivity index (χ1) is 8.22. The van der Waals surface area contributed by atoms with Gasteiger partial charge < -0.3 is 15.7 Å². The molecule has 2 rings (SSSR count). The number of hydrogen-bond acceptors (Lipinski definition) is 3. The lowest BCUT2D eigenvalue weighted by molar-refractivity contribution is 0.255. The molecule has 1 aromatic carbocycles. The molecular formula is C13H19IN2O. The first kappa shape index (κ1) is 13.0. The lowest BCUT2D eigenvalue weighted by atomic mass is 10.1. The van der Waals surface area contributed by atoms with Crippen molar-refractivity contribution >= 4 is 34.0 Å². The number of aliphatic hydroxyl groups is 1. The van der Waals surface area contributed by atoms with E-state index in [4.69, 9.17) is 5.73 Å². The molecule has 0 saturated carbocycles. The normalized spacial score (nSPS) is 21.3. The highest BCUT2D eigenvalue weighted by Gasteiger charge is 2.21. The Balaban J connectivity index is 2.28. The van der Waals surface area contributed by atoms with Crippen molar-refractivity contribution in [3.05, 3.63) is 21.8 Å². The molecule has 1 heterocycles. The van der Waals surface area contributed by atoms with Gasteiger partial charge in [0.2, 0.25) is 0 Å². The van der Waals surface area contributed by atoms with Crippen LogP contribution in [0.15, 0.2) is 18.2 Å². The van der Waals surface area contributed by atoms with Gasteiger partial charge in [0.15, 0.2) is 0 Å². The van der Waals surface area contributed by atoms with Gasteiger partial charge in [0, 0.05) is 15.8 Å². The van der Waals surface area contributed by atoms with Crippen LogP contribution in [0.5, 0.6) is 0 Å². The molecule has 0 aromatic heterocycles. The van der Waals surface area contributed by atoms with Gasteiger partial charge >= 0.3 is 0 Å². The smallest absolute Gasteiger partial charge is 0.0635 e. The molecule has 3 nitrogen and oxygen atoms in total. The summed E-state index contributed by atoms with van der Waals surface area (Å²) >= 11 is 2.32. The number of hydrogen-bond donors (Lipinski definition) is 2. The highest BCUT2D eigenvalue weighted by atomic mass is 127. The summed E-state index contributed by atoms with van der Waals surface area (Å²) in [6.07, 6.45) is 4.76. The number of halogens is 1. The molecule has 1 aliphatic heterocycles. The lowest BCUT2D eigenvalue weighted by Gasteiger charge is -2.31. The van der Waals surface area contributed by atoms with Crippen LogP contribution < -0.4 is 10.6 Å². The molecule has 1 unspecified atom stereocenters. The monoisotopic (exact) mass is 346 g/mol. The molecule has 94 valence electrons. The van der Waals surface area contributed by atoms with Gasteiger partial charge in [-0.1, -0.05) is 12.8 Å². The number of nitrogen functional groups attached to an aromatic ring is 1. The predicted molar refractivity (Wildman–Crippen MR) is 80.3 cm³/mol. The van der Waals surface area contributed by atoms with E-state index in [1.165, 1.54) is 28.5 Å². The zero-order valence-corrected chi connectivity index (χ0v) is 12.1. The van der Waals surface area contributed by atoms with Crippen molar-refractivity contribution in [3.63, 3.8) is 0 Å². The van der Waals surface area contributed by atoms with Crippen molar-refractivity contribution in [1.82, 2.24) is 0 Å². The zero-order valence-electron chi connectivity index (χ0n) is 9.90. The van der Waals surface area contributed by atoms with Gasteiger partial charge in [-0.3, -0.25) is 0 Å². The van der Waals surface area contributed by atoms with Crippen molar-refractivity contribution in [1.29, 1.82) is 0 Å². The molecular weight excluding hydrogens is 327 g/mol. The minimum atomic E-state index is 0.237. The summed E-state index contributed by atoms with van der Waals surface area (Å²) in [5.41, 5.74) is 7.79. The highest BCUT2D eigenvalue weighted by molar-refractivity contribution is 14.1. The Kier molecular flexibility index (Phi) is 4.50. The Labute approximate surface area is 116 Å². The molecule has 1 atom stereocenters. The molecule has 1 fully saturated rings. The van der Waals surface area contributed by atoms with E-state index < -0.39 is 0 Å². The Morgan fingerprint density at radius 3 is 2.88 bits per heavy atom. The van der Waals surface area contributed by atoms with Gasteiger partial charge in [0.1, 0.15) is 0 Å². The van der Waals surface area contributed by atoms with E-state index in [1.807, 2.05) is 12.1 Å². The summed E-state index contributed by atoms with van der Waals surface area (Å²) in [6, 6.07) is 6.27. The van der Waals surface area contributed by atoms with Crippen LogP contribution in [0.2, 0.25) is 0 Å². The van der Waals surface area contributed by atoms with E-state index in [9.17, 15) is 5.11 Å². The lowest BCUT2D eigenvalue weighted by Crippen LogP contribution is -2.38. The fourth-order valence-electron chi connectivity index (χ4n) is 2.44. The third kappa shape index (κ3) is 3.04. The van der Waals surface area contributed by atoms with Crippen LogP contribution in [-0.4, -0.2) is 24.3 Å². The highest BCUT2D eigenvalue weighted by Crippen LogP contribution is 2.29. The van der Waals surface area contributed by atoms with E-state index in [0.717, 1.165) is 18.7 Å². The number of nitrogens with zero attached hydrogens (tertiary/aromatic N) is 1. The van der Waals surface area contributed by atoms with E-state index in [1.54, 1.807) is 0 Å². The first-order valence-corrected chi connectivity index (χ1v) is 7.23. The summed E-state index contributed by atoms with van der Waals surface area (Å²) < 4.78 is 1.17. The van der Waals surface area contributed by atoms with Crippen LogP contribution in [0, 0.1) is 3.57 Å². The largest absolute Gasteiger partial charge is 0.399 e. The predicted octanol–water partition coefficient (Wildman–Crippen LogP) is 2.61. The van der Waals surface area contributed by atoms with Crippen LogP contribution in [0.3, 0.4) is 0 Å². The van der Waals surface area contributed by atoms with Gasteiger partial charge in [-0.15, -0.1) is 0 Å². The minimum absolute atomic E-state index is 0.237. The third-order valence-corrected chi connectivity index (χ3v) is 4.23. The maximum atomic E-state index is 9.52.